The molecule has 2 N–H and O–H groups in total. The third-order valence-electron chi connectivity index (χ3n) is 3.79. The van der Waals surface area contributed by atoms with Crippen LogP contribution in [0.5, 0.6) is 5.75 Å². The minimum absolute atomic E-state index is 0.0906. The summed E-state index contributed by atoms with van der Waals surface area (Å²) >= 11 is 5.88. The van der Waals surface area contributed by atoms with Gasteiger partial charge in [-0.3, -0.25) is 9.69 Å². The van der Waals surface area contributed by atoms with Crippen LogP contribution in [-0.2, 0) is 6.54 Å². The number of carbonyl (C=O) groups is 1. The van der Waals surface area contributed by atoms with Gasteiger partial charge in [-0.1, -0.05) is 16.8 Å². The van der Waals surface area contributed by atoms with Crippen LogP contribution < -0.4 is 10.5 Å². The van der Waals surface area contributed by atoms with Gasteiger partial charge in [0.25, 0.3) is 5.91 Å². The summed E-state index contributed by atoms with van der Waals surface area (Å²) in [4.78, 5) is 13.0. The minimum atomic E-state index is -0.609. The maximum absolute atomic E-state index is 14.0. The van der Waals surface area contributed by atoms with E-state index in [1.165, 1.54) is 19.4 Å². The zero-order chi connectivity index (χ0) is 16.6. The molecule has 7 nitrogen and oxygen atoms in total. The quantitative estimate of drug-likeness (QED) is 0.885. The SMILES string of the molecule is COc1cc(CN2CC(n3cc(C(N)=O)nn3)C2)c(F)cc1Cl. The van der Waals surface area contributed by atoms with Crippen LogP contribution in [0, 0.1) is 5.82 Å². The molecule has 1 aromatic carbocycles. The van der Waals surface area contributed by atoms with Crippen LogP contribution in [0.1, 0.15) is 22.1 Å². The molecule has 1 saturated heterocycles. The molecule has 2 heterocycles. The van der Waals surface area contributed by atoms with E-state index < -0.39 is 5.91 Å². The maximum Gasteiger partial charge on any atom is 0.270 e. The van der Waals surface area contributed by atoms with Crippen molar-refractivity contribution >= 4 is 17.5 Å². The smallest absolute Gasteiger partial charge is 0.270 e. The highest BCUT2D eigenvalue weighted by molar-refractivity contribution is 6.32. The predicted octanol–water partition coefficient (Wildman–Crippen LogP) is 1.23. The zero-order valence-corrected chi connectivity index (χ0v) is 13.1. The van der Waals surface area contributed by atoms with Crippen molar-refractivity contribution in [3.8, 4) is 5.75 Å². The number of nitrogens with two attached hydrogens (primary N) is 1. The van der Waals surface area contributed by atoms with Crippen molar-refractivity contribution in [1.29, 1.82) is 0 Å². The number of benzene rings is 1. The molecule has 3 rings (SSSR count). The number of ether oxygens (including phenoxy) is 1. The predicted molar refractivity (Wildman–Crippen MR) is 80.8 cm³/mol. The average molecular weight is 340 g/mol. The molecular formula is C14H15ClFN5O2. The number of hydrogen-bond acceptors (Lipinski definition) is 5. The van der Waals surface area contributed by atoms with Gasteiger partial charge < -0.3 is 10.5 Å². The third kappa shape index (κ3) is 3.13. The van der Waals surface area contributed by atoms with Crippen molar-refractivity contribution in [3.63, 3.8) is 0 Å². The normalized spacial score (nSPS) is 15.4. The van der Waals surface area contributed by atoms with E-state index in [-0.39, 0.29) is 22.6 Å². The van der Waals surface area contributed by atoms with E-state index in [4.69, 9.17) is 22.1 Å². The second-order valence-corrected chi connectivity index (χ2v) is 5.78. The molecule has 0 radical (unpaired) electrons. The van der Waals surface area contributed by atoms with Gasteiger partial charge in [0.15, 0.2) is 5.69 Å². The highest BCUT2D eigenvalue weighted by Crippen LogP contribution is 2.30. The lowest BCUT2D eigenvalue weighted by Crippen LogP contribution is -2.47. The standard InChI is InChI=1S/C14H15ClFN5O2/c1-23-13-2-8(11(16)3-10(13)15)4-20-5-9(6-20)21-7-12(14(17)22)18-19-21/h2-3,7,9H,4-6H2,1H3,(H2,17,22). The number of primary amides is 1. The highest BCUT2D eigenvalue weighted by Gasteiger charge is 2.30. The number of likely N-dealkylation sites (tertiary alicyclic amines) is 1. The molecule has 23 heavy (non-hydrogen) atoms. The minimum Gasteiger partial charge on any atom is -0.495 e. The van der Waals surface area contributed by atoms with E-state index in [1.807, 2.05) is 4.90 Å². The van der Waals surface area contributed by atoms with Crippen molar-refractivity contribution in [2.45, 2.75) is 12.6 Å². The van der Waals surface area contributed by atoms with Gasteiger partial charge in [0.05, 0.1) is 24.4 Å². The highest BCUT2D eigenvalue weighted by atomic mass is 35.5. The second-order valence-electron chi connectivity index (χ2n) is 5.37. The summed E-state index contributed by atoms with van der Waals surface area (Å²) in [6.45, 7) is 1.78. The summed E-state index contributed by atoms with van der Waals surface area (Å²) in [5.41, 5.74) is 5.79. The first-order chi connectivity index (χ1) is 11.0. The molecule has 9 heteroatoms. The monoisotopic (exact) mass is 339 g/mol. The van der Waals surface area contributed by atoms with Crippen LogP contribution in [0.15, 0.2) is 18.3 Å². The fourth-order valence-corrected chi connectivity index (χ4v) is 2.72. The molecule has 1 fully saturated rings. The number of nitrogens with zero attached hydrogens (tertiary/aromatic N) is 4. The molecule has 0 saturated carbocycles. The third-order valence-corrected chi connectivity index (χ3v) is 4.08. The Hall–Kier alpha value is -2.19. The Balaban J connectivity index is 1.63. The van der Waals surface area contributed by atoms with Gasteiger partial charge in [0.2, 0.25) is 0 Å². The number of hydrogen-bond donors (Lipinski definition) is 1. The second kappa shape index (κ2) is 6.13. The number of halogens is 2. The Kier molecular flexibility index (Phi) is 4.18. The first-order valence-corrected chi connectivity index (χ1v) is 7.31. The summed E-state index contributed by atoms with van der Waals surface area (Å²) < 4.78 is 20.7. The Labute approximate surface area is 136 Å². The van der Waals surface area contributed by atoms with E-state index in [0.29, 0.717) is 30.9 Å². The summed E-state index contributed by atoms with van der Waals surface area (Å²) in [6.07, 6.45) is 1.52. The molecule has 2 aromatic rings. The van der Waals surface area contributed by atoms with Crippen molar-refractivity contribution in [1.82, 2.24) is 19.9 Å². The summed E-state index contributed by atoms with van der Waals surface area (Å²) in [7, 11) is 1.49. The summed E-state index contributed by atoms with van der Waals surface area (Å²) in [6, 6.07) is 2.95. The molecule has 0 bridgehead atoms. The molecular weight excluding hydrogens is 325 g/mol. The molecule has 0 aliphatic carbocycles. The topological polar surface area (TPSA) is 86.3 Å². The maximum atomic E-state index is 14.0. The van der Waals surface area contributed by atoms with E-state index >= 15 is 0 Å². The van der Waals surface area contributed by atoms with Crippen molar-refractivity contribution in [2.75, 3.05) is 20.2 Å². The van der Waals surface area contributed by atoms with Gasteiger partial charge in [-0.05, 0) is 12.1 Å². The first kappa shape index (κ1) is 15.7. The van der Waals surface area contributed by atoms with Gasteiger partial charge in [0.1, 0.15) is 11.6 Å². The van der Waals surface area contributed by atoms with Gasteiger partial charge in [-0.25, -0.2) is 9.07 Å². The van der Waals surface area contributed by atoms with Crippen LogP contribution in [0.4, 0.5) is 4.39 Å². The Morgan fingerprint density at radius 3 is 2.87 bits per heavy atom. The van der Waals surface area contributed by atoms with Crippen LogP contribution in [-0.4, -0.2) is 46.0 Å². The fraction of sp³-hybridized carbons (Fsp3) is 0.357. The largest absolute Gasteiger partial charge is 0.495 e. The lowest BCUT2D eigenvalue weighted by Gasteiger charge is -2.38. The molecule has 122 valence electrons. The van der Waals surface area contributed by atoms with Gasteiger partial charge in [0, 0.05) is 25.2 Å². The Morgan fingerprint density at radius 2 is 2.26 bits per heavy atom. The van der Waals surface area contributed by atoms with Crippen LogP contribution in [0.2, 0.25) is 5.02 Å². The number of rotatable bonds is 5. The average Bonchev–Trinajstić information content (AvgIpc) is 2.93. The van der Waals surface area contributed by atoms with E-state index in [2.05, 4.69) is 10.3 Å². The van der Waals surface area contributed by atoms with Crippen molar-refractivity contribution in [3.05, 3.63) is 40.4 Å². The number of aromatic nitrogens is 3. The fourth-order valence-electron chi connectivity index (χ4n) is 2.50. The molecule has 1 amide bonds. The Bertz CT molecular complexity index is 745. The summed E-state index contributed by atoms with van der Waals surface area (Å²) in [5.74, 6) is -0.527. The molecule has 0 unspecified atom stereocenters. The van der Waals surface area contributed by atoms with Crippen molar-refractivity contribution in [2.24, 2.45) is 5.73 Å². The molecule has 1 aromatic heterocycles. The van der Waals surface area contributed by atoms with Crippen molar-refractivity contribution < 1.29 is 13.9 Å². The van der Waals surface area contributed by atoms with Crippen LogP contribution >= 0.6 is 11.6 Å². The molecule has 0 atom stereocenters. The molecule has 0 spiro atoms. The first-order valence-electron chi connectivity index (χ1n) is 6.94. The zero-order valence-electron chi connectivity index (χ0n) is 12.4. The van der Waals surface area contributed by atoms with Gasteiger partial charge in [-0.15, -0.1) is 5.10 Å². The number of methoxy groups -OCH3 is 1. The van der Waals surface area contributed by atoms with Gasteiger partial charge in [-0.2, -0.15) is 0 Å². The van der Waals surface area contributed by atoms with Crippen LogP contribution in [0.3, 0.4) is 0 Å². The molecule has 1 aliphatic heterocycles. The summed E-state index contributed by atoms with van der Waals surface area (Å²) in [5, 5.41) is 7.84. The number of carbonyl (C=O) groups excluding carboxylic acids is 1. The lowest BCUT2D eigenvalue weighted by molar-refractivity contribution is 0.0883. The Morgan fingerprint density at radius 1 is 1.52 bits per heavy atom. The van der Waals surface area contributed by atoms with Crippen LogP contribution in [0.25, 0.3) is 0 Å². The van der Waals surface area contributed by atoms with E-state index in [9.17, 15) is 9.18 Å². The van der Waals surface area contributed by atoms with Gasteiger partial charge >= 0.3 is 0 Å². The number of amides is 1. The molecule has 1 aliphatic rings. The van der Waals surface area contributed by atoms with E-state index in [1.54, 1.807) is 10.7 Å². The lowest BCUT2D eigenvalue weighted by atomic mass is 10.1. The van der Waals surface area contributed by atoms with E-state index in [0.717, 1.165) is 0 Å².